The van der Waals surface area contributed by atoms with Gasteiger partial charge in [0, 0.05) is 11.6 Å². The predicted molar refractivity (Wildman–Crippen MR) is 45.1 cm³/mol. The van der Waals surface area contributed by atoms with E-state index in [4.69, 9.17) is 4.74 Å². The van der Waals surface area contributed by atoms with E-state index < -0.39 is 0 Å². The van der Waals surface area contributed by atoms with E-state index in [1.807, 2.05) is 6.92 Å². The van der Waals surface area contributed by atoms with Crippen LogP contribution in [0.2, 0.25) is 0 Å². The fraction of sp³-hybridized carbons (Fsp3) is 0.750. The highest BCUT2D eigenvalue weighted by Gasteiger charge is 1.89. The van der Waals surface area contributed by atoms with Gasteiger partial charge in [0.05, 0.1) is 6.61 Å². The molecule has 13 heavy (non-hydrogen) atoms. The molecule has 0 N–H and O–H groups in total. The van der Waals surface area contributed by atoms with Crippen molar-refractivity contribution >= 4 is 0 Å². The lowest BCUT2D eigenvalue weighted by molar-refractivity contribution is -0.621. The van der Waals surface area contributed by atoms with Gasteiger partial charge in [0.2, 0.25) is 0 Å². The molecule has 0 rings (SSSR count). The maximum absolute atomic E-state index is 5.10. The standard InChI is InChI=1S/C8H16O5/c1-3-5-9-7-8-11-13-12-10-6-4-2/h4,6H,3,5,7-8H2,1-2H3/b6-4-. The van der Waals surface area contributed by atoms with Gasteiger partial charge in [-0.3, -0.25) is 0 Å². The second-order valence-corrected chi connectivity index (χ2v) is 2.14. The Bertz CT molecular complexity index is 115. The van der Waals surface area contributed by atoms with Crippen LogP contribution in [0.4, 0.5) is 0 Å². The number of ether oxygens (including phenoxy) is 1. The molecule has 0 aliphatic heterocycles. The Morgan fingerprint density at radius 2 is 1.92 bits per heavy atom. The molecule has 5 heteroatoms. The Labute approximate surface area is 78.0 Å². The first-order valence-electron chi connectivity index (χ1n) is 4.22. The molecule has 0 unspecified atom stereocenters. The zero-order valence-corrected chi connectivity index (χ0v) is 8.02. The van der Waals surface area contributed by atoms with Gasteiger partial charge in [-0.15, -0.1) is 0 Å². The van der Waals surface area contributed by atoms with Crippen LogP contribution in [0.15, 0.2) is 12.3 Å². The first-order chi connectivity index (χ1) is 6.41. The molecular weight excluding hydrogens is 176 g/mol. The van der Waals surface area contributed by atoms with E-state index in [0.717, 1.165) is 13.0 Å². The van der Waals surface area contributed by atoms with Crippen LogP contribution in [-0.4, -0.2) is 19.8 Å². The largest absolute Gasteiger partial charge is 0.379 e. The van der Waals surface area contributed by atoms with Crippen LogP contribution in [0.5, 0.6) is 0 Å². The van der Waals surface area contributed by atoms with Crippen molar-refractivity contribution in [3.05, 3.63) is 12.3 Å². The smallest absolute Gasteiger partial charge is 0.128 e. The molecule has 78 valence electrons. The van der Waals surface area contributed by atoms with Gasteiger partial charge >= 0.3 is 0 Å². The third-order valence-electron chi connectivity index (χ3n) is 0.966. The van der Waals surface area contributed by atoms with Gasteiger partial charge in [0.1, 0.15) is 12.9 Å². The first-order valence-corrected chi connectivity index (χ1v) is 4.22. The highest BCUT2D eigenvalue weighted by Crippen LogP contribution is 1.86. The maximum Gasteiger partial charge on any atom is 0.128 e. The quantitative estimate of drug-likeness (QED) is 0.241. The molecular formula is C8H16O5. The summed E-state index contributed by atoms with van der Waals surface area (Å²) in [4.78, 5) is 8.86. The molecule has 0 aromatic heterocycles. The highest BCUT2D eigenvalue weighted by molar-refractivity contribution is 4.62. The average Bonchev–Trinajstić information content (AvgIpc) is 2.16. The van der Waals surface area contributed by atoms with Gasteiger partial charge < -0.3 is 9.62 Å². The van der Waals surface area contributed by atoms with Crippen molar-refractivity contribution in [2.45, 2.75) is 20.3 Å². The summed E-state index contributed by atoms with van der Waals surface area (Å²) in [6.07, 6.45) is 3.95. The molecule has 0 atom stereocenters. The van der Waals surface area contributed by atoms with Gasteiger partial charge in [-0.25, -0.2) is 4.89 Å². The molecule has 0 aromatic carbocycles. The minimum atomic E-state index is 0.305. The zero-order valence-electron chi connectivity index (χ0n) is 8.02. The molecule has 0 spiro atoms. The fourth-order valence-electron chi connectivity index (χ4n) is 0.487. The summed E-state index contributed by atoms with van der Waals surface area (Å²) in [6.45, 7) is 5.31. The minimum Gasteiger partial charge on any atom is -0.379 e. The molecule has 0 aliphatic rings. The fourth-order valence-corrected chi connectivity index (χ4v) is 0.487. The Morgan fingerprint density at radius 1 is 1.08 bits per heavy atom. The van der Waals surface area contributed by atoms with Crippen LogP contribution in [0.3, 0.4) is 0 Å². The number of hydrogen-bond acceptors (Lipinski definition) is 5. The molecule has 0 aromatic rings. The van der Waals surface area contributed by atoms with Crippen molar-refractivity contribution in [3.63, 3.8) is 0 Å². The summed E-state index contributed by atoms with van der Waals surface area (Å²) in [5, 5.41) is 8.28. The molecule has 0 heterocycles. The Balaban J connectivity index is 2.83. The van der Waals surface area contributed by atoms with Crippen molar-refractivity contribution in [1.82, 2.24) is 0 Å². The average molecular weight is 192 g/mol. The number of hydrogen-bond donors (Lipinski definition) is 0. The van der Waals surface area contributed by atoms with Gasteiger partial charge in [-0.1, -0.05) is 6.92 Å². The number of allylic oxidation sites excluding steroid dienone is 1. The summed E-state index contributed by atoms with van der Waals surface area (Å²) in [7, 11) is 0. The van der Waals surface area contributed by atoms with Gasteiger partial charge in [-0.2, -0.15) is 0 Å². The van der Waals surface area contributed by atoms with Gasteiger partial charge in [0.15, 0.2) is 0 Å². The predicted octanol–water partition coefficient (Wildman–Crippen LogP) is 1.76. The molecule has 0 fully saturated rings. The second-order valence-electron chi connectivity index (χ2n) is 2.14. The molecule has 5 nitrogen and oxygen atoms in total. The summed E-state index contributed by atoms with van der Waals surface area (Å²) in [5.41, 5.74) is 0. The molecule has 0 saturated heterocycles. The lowest BCUT2D eigenvalue weighted by Crippen LogP contribution is -2.05. The van der Waals surface area contributed by atoms with Crippen molar-refractivity contribution in [1.29, 1.82) is 0 Å². The van der Waals surface area contributed by atoms with E-state index in [2.05, 4.69) is 19.9 Å². The Kier molecular flexibility index (Phi) is 10.8. The van der Waals surface area contributed by atoms with E-state index in [0.29, 0.717) is 13.2 Å². The number of rotatable bonds is 9. The first kappa shape index (κ1) is 12.4. The summed E-state index contributed by atoms with van der Waals surface area (Å²) in [5.74, 6) is 0. The molecule has 0 saturated carbocycles. The van der Waals surface area contributed by atoms with Crippen LogP contribution in [0.25, 0.3) is 0 Å². The summed E-state index contributed by atoms with van der Waals surface area (Å²) >= 11 is 0. The maximum atomic E-state index is 5.10. The summed E-state index contributed by atoms with van der Waals surface area (Å²) < 4.78 is 5.10. The van der Waals surface area contributed by atoms with Crippen LogP contribution in [0.1, 0.15) is 20.3 Å². The molecule has 0 amide bonds. The monoisotopic (exact) mass is 192 g/mol. The Morgan fingerprint density at radius 3 is 2.62 bits per heavy atom. The second kappa shape index (κ2) is 11.4. The lowest BCUT2D eigenvalue weighted by Gasteiger charge is -2.01. The van der Waals surface area contributed by atoms with Crippen molar-refractivity contribution in [2.24, 2.45) is 0 Å². The third-order valence-corrected chi connectivity index (χ3v) is 0.966. The minimum absolute atomic E-state index is 0.305. The summed E-state index contributed by atoms with van der Waals surface area (Å²) in [6, 6.07) is 0. The SMILES string of the molecule is C/C=C\OOOOCCOCCC. The van der Waals surface area contributed by atoms with E-state index >= 15 is 0 Å². The molecule has 0 bridgehead atoms. The van der Waals surface area contributed by atoms with E-state index in [1.54, 1.807) is 13.0 Å². The third kappa shape index (κ3) is 11.4. The normalized spacial score (nSPS) is 10.9. The van der Waals surface area contributed by atoms with Crippen molar-refractivity contribution in [3.8, 4) is 0 Å². The topological polar surface area (TPSA) is 46.2 Å². The van der Waals surface area contributed by atoms with Crippen LogP contribution < -0.4 is 0 Å². The lowest BCUT2D eigenvalue weighted by atomic mass is 10.5. The molecule has 0 radical (unpaired) electrons. The van der Waals surface area contributed by atoms with Crippen molar-refractivity contribution < 1.29 is 24.6 Å². The van der Waals surface area contributed by atoms with Crippen LogP contribution in [-0.2, 0) is 24.6 Å². The van der Waals surface area contributed by atoms with E-state index in [-0.39, 0.29) is 0 Å². The van der Waals surface area contributed by atoms with Gasteiger partial charge in [0.25, 0.3) is 0 Å². The van der Waals surface area contributed by atoms with E-state index in [9.17, 15) is 0 Å². The van der Waals surface area contributed by atoms with Crippen molar-refractivity contribution in [2.75, 3.05) is 19.8 Å². The zero-order chi connectivity index (χ0) is 9.78. The highest BCUT2D eigenvalue weighted by atomic mass is 17.7. The van der Waals surface area contributed by atoms with Crippen LogP contribution >= 0.6 is 0 Å². The van der Waals surface area contributed by atoms with Gasteiger partial charge in [-0.05, 0) is 24.5 Å². The molecule has 0 aliphatic carbocycles. The van der Waals surface area contributed by atoms with Crippen LogP contribution in [0, 0.1) is 0 Å². The Hall–Kier alpha value is -0.620. The van der Waals surface area contributed by atoms with E-state index in [1.165, 1.54) is 6.26 Å².